The minimum absolute atomic E-state index is 0.149. The predicted molar refractivity (Wildman–Crippen MR) is 109 cm³/mol. The number of carbonyl (C=O) groups excluding carboxylic acids is 3. The van der Waals surface area contributed by atoms with Gasteiger partial charge in [-0.3, -0.25) is 15.0 Å². The number of carbonyl (C=O) groups is 3. The van der Waals surface area contributed by atoms with Gasteiger partial charge >= 0.3 is 6.03 Å². The summed E-state index contributed by atoms with van der Waals surface area (Å²) in [6.45, 7) is 3.85. The minimum atomic E-state index is -1.15. The Balaban J connectivity index is 1.62. The summed E-state index contributed by atoms with van der Waals surface area (Å²) in [5.41, 5.74) is 4.32. The van der Waals surface area contributed by atoms with Gasteiger partial charge < -0.3 is 5.32 Å². The fourth-order valence-corrected chi connectivity index (χ4v) is 4.12. The van der Waals surface area contributed by atoms with Gasteiger partial charge in [-0.25, -0.2) is 4.79 Å². The lowest BCUT2D eigenvalue weighted by molar-refractivity contribution is -0.138. The lowest BCUT2D eigenvalue weighted by Gasteiger charge is -2.25. The Hall–Kier alpha value is -2.80. The first-order chi connectivity index (χ1) is 13.5. The van der Waals surface area contributed by atoms with E-state index in [1.807, 2.05) is 56.3 Å². The van der Waals surface area contributed by atoms with Crippen LogP contribution in [-0.2, 0) is 20.9 Å². The molecule has 4 amide bonds. The van der Waals surface area contributed by atoms with Gasteiger partial charge in [-0.2, -0.15) is 5.01 Å². The second-order valence-corrected chi connectivity index (χ2v) is 7.64. The van der Waals surface area contributed by atoms with Crippen LogP contribution in [0.1, 0.15) is 30.0 Å². The summed E-state index contributed by atoms with van der Waals surface area (Å²) in [6, 6.07) is 16.4. The van der Waals surface area contributed by atoms with E-state index in [4.69, 9.17) is 0 Å². The van der Waals surface area contributed by atoms with E-state index in [1.54, 1.807) is 12.1 Å². The van der Waals surface area contributed by atoms with Crippen molar-refractivity contribution in [2.24, 2.45) is 0 Å². The van der Waals surface area contributed by atoms with Crippen molar-refractivity contribution in [3.8, 4) is 0 Å². The van der Waals surface area contributed by atoms with Crippen LogP contribution in [0.3, 0.4) is 0 Å². The largest absolute Gasteiger partial charge is 0.344 e. The highest BCUT2D eigenvalue weighted by Gasteiger charge is 2.52. The summed E-state index contributed by atoms with van der Waals surface area (Å²) in [5.74, 6) is -0.0237. The van der Waals surface area contributed by atoms with Crippen LogP contribution in [0.25, 0.3) is 0 Å². The highest BCUT2D eigenvalue weighted by atomic mass is 32.2. The van der Waals surface area contributed by atoms with Crippen molar-refractivity contribution in [2.45, 2.75) is 31.6 Å². The summed E-state index contributed by atoms with van der Waals surface area (Å²) in [4.78, 5) is 37.6. The maximum atomic E-state index is 13.0. The summed E-state index contributed by atoms with van der Waals surface area (Å²) in [5, 5.41) is 3.54. The van der Waals surface area contributed by atoms with Gasteiger partial charge in [0, 0.05) is 5.75 Å². The molecule has 0 spiro atoms. The summed E-state index contributed by atoms with van der Waals surface area (Å²) in [6.07, 6.45) is 0.385. The maximum absolute atomic E-state index is 13.0. The first kappa shape index (κ1) is 19.9. The second kappa shape index (κ2) is 8.48. The van der Waals surface area contributed by atoms with Crippen molar-refractivity contribution in [2.75, 3.05) is 5.75 Å². The van der Waals surface area contributed by atoms with Crippen LogP contribution in [0.4, 0.5) is 4.79 Å². The van der Waals surface area contributed by atoms with E-state index in [0.29, 0.717) is 17.7 Å². The van der Waals surface area contributed by atoms with Crippen LogP contribution < -0.4 is 10.7 Å². The van der Waals surface area contributed by atoms with Crippen molar-refractivity contribution >= 4 is 29.6 Å². The molecule has 2 N–H and O–H groups in total. The van der Waals surface area contributed by atoms with Gasteiger partial charge in [-0.1, -0.05) is 61.5 Å². The Kier molecular flexibility index (Phi) is 6.04. The van der Waals surface area contributed by atoms with E-state index in [-0.39, 0.29) is 11.7 Å². The van der Waals surface area contributed by atoms with Crippen molar-refractivity contribution in [1.29, 1.82) is 0 Å². The molecule has 146 valence electrons. The van der Waals surface area contributed by atoms with Gasteiger partial charge in [0.05, 0.1) is 5.75 Å². The van der Waals surface area contributed by atoms with E-state index in [1.165, 1.54) is 17.3 Å². The monoisotopic (exact) mass is 397 g/mol. The van der Waals surface area contributed by atoms with E-state index < -0.39 is 17.5 Å². The van der Waals surface area contributed by atoms with Gasteiger partial charge in [-0.15, -0.1) is 11.8 Å². The van der Waals surface area contributed by atoms with Gasteiger partial charge in [0.2, 0.25) is 5.91 Å². The number of hydrogen-bond donors (Lipinski definition) is 2. The molecule has 0 unspecified atom stereocenters. The first-order valence-electron chi connectivity index (χ1n) is 9.12. The average molecular weight is 398 g/mol. The number of benzene rings is 2. The zero-order chi connectivity index (χ0) is 20.1. The van der Waals surface area contributed by atoms with Crippen LogP contribution in [0.2, 0.25) is 0 Å². The lowest BCUT2D eigenvalue weighted by Crippen LogP contribution is -2.49. The fraction of sp³-hybridized carbons (Fsp3) is 0.286. The number of imide groups is 1. The Morgan fingerprint density at radius 2 is 1.79 bits per heavy atom. The first-order valence-corrected chi connectivity index (χ1v) is 10.3. The SMILES string of the molecule is CC[C@@]1(c2ccccc2)NC(=O)N(NC(=O)CSCc2ccccc2C)C1=O. The van der Waals surface area contributed by atoms with Gasteiger partial charge in [0.1, 0.15) is 5.54 Å². The Bertz CT molecular complexity index is 887. The van der Waals surface area contributed by atoms with E-state index in [9.17, 15) is 14.4 Å². The molecular formula is C21H23N3O3S. The highest BCUT2D eigenvalue weighted by molar-refractivity contribution is 7.99. The molecule has 1 aliphatic rings. The molecule has 1 heterocycles. The van der Waals surface area contributed by atoms with Crippen molar-refractivity contribution in [1.82, 2.24) is 15.8 Å². The number of nitrogens with zero attached hydrogens (tertiary/aromatic N) is 1. The molecule has 2 aromatic rings. The van der Waals surface area contributed by atoms with Gasteiger partial charge in [0.25, 0.3) is 5.91 Å². The predicted octanol–water partition coefficient (Wildman–Crippen LogP) is 3.12. The molecule has 0 saturated carbocycles. The molecule has 6 nitrogen and oxygen atoms in total. The zero-order valence-electron chi connectivity index (χ0n) is 15.9. The second-order valence-electron chi connectivity index (χ2n) is 6.65. The van der Waals surface area contributed by atoms with E-state index >= 15 is 0 Å². The molecule has 0 bridgehead atoms. The Labute approximate surface area is 168 Å². The van der Waals surface area contributed by atoms with Gasteiger partial charge in [-0.05, 0) is 30.0 Å². The number of aryl methyl sites for hydroxylation is 1. The third-order valence-electron chi connectivity index (χ3n) is 4.88. The molecule has 0 aromatic heterocycles. The molecule has 28 heavy (non-hydrogen) atoms. The standard InChI is InChI=1S/C21H23N3O3S/c1-3-21(17-11-5-4-6-12-17)19(26)24(20(27)22-21)23-18(25)14-28-13-16-10-8-7-9-15(16)2/h4-12H,3,13-14H2,1-2H3,(H,22,27)(H,23,25)/t21-/m0/s1. The molecule has 1 aliphatic heterocycles. The van der Waals surface area contributed by atoms with Gasteiger partial charge in [0.15, 0.2) is 0 Å². The Morgan fingerprint density at radius 1 is 1.11 bits per heavy atom. The molecule has 3 rings (SSSR count). The van der Waals surface area contributed by atoms with Crippen LogP contribution in [0.15, 0.2) is 54.6 Å². The smallest absolute Gasteiger partial charge is 0.318 e. The quantitative estimate of drug-likeness (QED) is 0.704. The summed E-state index contributed by atoms with van der Waals surface area (Å²) < 4.78 is 0. The van der Waals surface area contributed by atoms with Crippen molar-refractivity contribution in [3.05, 3.63) is 71.3 Å². The maximum Gasteiger partial charge on any atom is 0.344 e. The average Bonchev–Trinajstić information content (AvgIpc) is 2.95. The molecule has 1 fully saturated rings. The lowest BCUT2D eigenvalue weighted by atomic mass is 9.87. The number of hydrazine groups is 1. The topological polar surface area (TPSA) is 78.5 Å². The Morgan fingerprint density at radius 3 is 2.46 bits per heavy atom. The minimum Gasteiger partial charge on any atom is -0.318 e. The van der Waals surface area contributed by atoms with Crippen molar-refractivity contribution in [3.63, 3.8) is 0 Å². The third kappa shape index (κ3) is 3.89. The van der Waals surface area contributed by atoms with E-state index in [2.05, 4.69) is 10.7 Å². The summed E-state index contributed by atoms with van der Waals surface area (Å²) >= 11 is 1.43. The molecule has 2 aromatic carbocycles. The molecule has 1 atom stereocenters. The number of thioether (sulfide) groups is 1. The van der Waals surface area contributed by atoms with Crippen LogP contribution in [0.5, 0.6) is 0 Å². The number of urea groups is 1. The number of nitrogens with one attached hydrogen (secondary N) is 2. The highest BCUT2D eigenvalue weighted by Crippen LogP contribution is 2.31. The molecule has 0 aliphatic carbocycles. The zero-order valence-corrected chi connectivity index (χ0v) is 16.7. The number of rotatable bonds is 7. The van der Waals surface area contributed by atoms with Crippen molar-refractivity contribution < 1.29 is 14.4 Å². The number of amides is 4. The molecule has 0 radical (unpaired) electrons. The molecule has 7 heteroatoms. The van der Waals surface area contributed by atoms with E-state index in [0.717, 1.165) is 10.6 Å². The fourth-order valence-electron chi connectivity index (χ4n) is 3.22. The molecular weight excluding hydrogens is 374 g/mol. The van der Waals surface area contributed by atoms with Crippen LogP contribution >= 0.6 is 11.8 Å². The third-order valence-corrected chi connectivity index (χ3v) is 5.86. The van der Waals surface area contributed by atoms with Crippen LogP contribution in [-0.4, -0.2) is 28.6 Å². The number of hydrogen-bond acceptors (Lipinski definition) is 4. The molecule has 1 saturated heterocycles. The summed E-state index contributed by atoms with van der Waals surface area (Å²) in [7, 11) is 0. The van der Waals surface area contributed by atoms with Crippen LogP contribution in [0, 0.1) is 6.92 Å². The normalized spacial score (nSPS) is 18.9.